The molecule has 156 valence electrons. The van der Waals surface area contributed by atoms with Gasteiger partial charge in [0.05, 0.1) is 11.6 Å². The van der Waals surface area contributed by atoms with Gasteiger partial charge in [-0.1, -0.05) is 48.2 Å². The van der Waals surface area contributed by atoms with Crippen molar-refractivity contribution >= 4 is 35.0 Å². The Morgan fingerprint density at radius 1 is 0.968 bits per heavy atom. The van der Waals surface area contributed by atoms with Crippen LogP contribution < -0.4 is 20.1 Å². The summed E-state index contributed by atoms with van der Waals surface area (Å²) in [4.78, 5) is 27.3. The van der Waals surface area contributed by atoms with Crippen LogP contribution in [0.2, 0.25) is 0 Å². The van der Waals surface area contributed by atoms with E-state index in [1.165, 1.54) is 11.8 Å². The van der Waals surface area contributed by atoms with Gasteiger partial charge in [0.2, 0.25) is 11.8 Å². The zero-order valence-corrected chi connectivity index (χ0v) is 17.4. The monoisotopic (exact) mass is 432 g/mol. The average molecular weight is 433 g/mol. The Morgan fingerprint density at radius 2 is 1.68 bits per heavy atom. The van der Waals surface area contributed by atoms with Crippen LogP contribution in [0.1, 0.15) is 17.9 Å². The fourth-order valence-corrected chi connectivity index (χ4v) is 4.67. The predicted octanol–water partition coefficient (Wildman–Crippen LogP) is 4.67. The first-order valence-electron chi connectivity index (χ1n) is 10.0. The molecule has 2 aliphatic rings. The molecule has 7 heteroatoms. The van der Waals surface area contributed by atoms with Crippen molar-refractivity contribution < 1.29 is 19.1 Å². The lowest BCUT2D eigenvalue weighted by Crippen LogP contribution is -2.30. The molecule has 1 unspecified atom stereocenters. The summed E-state index contributed by atoms with van der Waals surface area (Å²) in [6.45, 7) is 0.948. The summed E-state index contributed by atoms with van der Waals surface area (Å²) < 4.78 is 11.5. The Kier molecular flexibility index (Phi) is 5.26. The van der Waals surface area contributed by atoms with Crippen molar-refractivity contribution in [2.45, 2.75) is 22.1 Å². The molecule has 31 heavy (non-hydrogen) atoms. The lowest BCUT2D eigenvalue weighted by molar-refractivity contribution is -0.123. The molecule has 0 aromatic heterocycles. The van der Waals surface area contributed by atoms with E-state index in [-0.39, 0.29) is 18.2 Å². The quantitative estimate of drug-likeness (QED) is 0.626. The standard InChI is InChI=1S/C24H20N2O4S/c27-23-12-17(16-8-4-5-9-18(16)25-23)24(28)26-19-13-20-21(30-11-10-29-20)14-22(19)31-15-6-2-1-3-7-15/h1-9,13-14,17H,10-12H2,(H,25,27)(H,26,28). The number of carbonyl (C=O) groups excluding carboxylic acids is 2. The molecule has 0 saturated carbocycles. The van der Waals surface area contributed by atoms with Crippen LogP contribution in [0.4, 0.5) is 11.4 Å². The number of benzene rings is 3. The maximum absolute atomic E-state index is 13.3. The molecule has 2 heterocycles. The van der Waals surface area contributed by atoms with Crippen LogP contribution in [0, 0.1) is 0 Å². The van der Waals surface area contributed by atoms with Crippen molar-refractivity contribution in [2.75, 3.05) is 23.8 Å². The Bertz CT molecular complexity index is 1150. The molecular weight excluding hydrogens is 412 g/mol. The van der Waals surface area contributed by atoms with Crippen LogP contribution in [0.5, 0.6) is 11.5 Å². The van der Waals surface area contributed by atoms with Gasteiger partial charge in [0, 0.05) is 34.0 Å². The number of rotatable bonds is 4. The number of nitrogens with one attached hydrogen (secondary N) is 2. The summed E-state index contributed by atoms with van der Waals surface area (Å²) >= 11 is 1.53. The van der Waals surface area contributed by atoms with Gasteiger partial charge in [0.15, 0.2) is 11.5 Å². The maximum atomic E-state index is 13.3. The van der Waals surface area contributed by atoms with Crippen molar-refractivity contribution in [3.8, 4) is 11.5 Å². The van der Waals surface area contributed by atoms with Gasteiger partial charge in [-0.2, -0.15) is 0 Å². The van der Waals surface area contributed by atoms with Gasteiger partial charge in [-0.25, -0.2) is 0 Å². The topological polar surface area (TPSA) is 76.7 Å². The smallest absolute Gasteiger partial charge is 0.232 e. The highest BCUT2D eigenvalue weighted by Crippen LogP contribution is 2.43. The molecule has 0 spiro atoms. The van der Waals surface area contributed by atoms with E-state index < -0.39 is 5.92 Å². The summed E-state index contributed by atoms with van der Waals surface area (Å²) in [6.07, 6.45) is 0.106. The number of anilines is 2. The number of fused-ring (bicyclic) bond motifs is 2. The first-order chi connectivity index (χ1) is 15.2. The summed E-state index contributed by atoms with van der Waals surface area (Å²) in [5.74, 6) is 0.298. The fourth-order valence-electron chi connectivity index (χ4n) is 3.73. The third kappa shape index (κ3) is 4.09. The third-order valence-corrected chi connectivity index (χ3v) is 6.26. The van der Waals surface area contributed by atoms with E-state index in [0.29, 0.717) is 36.1 Å². The third-order valence-electron chi connectivity index (χ3n) is 5.19. The molecule has 0 bridgehead atoms. The van der Waals surface area contributed by atoms with E-state index in [9.17, 15) is 9.59 Å². The Labute approximate surface area is 183 Å². The zero-order chi connectivity index (χ0) is 21.2. The number of hydrogen-bond donors (Lipinski definition) is 2. The SMILES string of the molecule is O=C1CC(C(=O)Nc2cc3c(cc2Sc2ccccc2)OCCO3)c2ccccc2N1. The number of amides is 2. The highest BCUT2D eigenvalue weighted by atomic mass is 32.2. The van der Waals surface area contributed by atoms with E-state index in [1.807, 2.05) is 60.7 Å². The second kappa shape index (κ2) is 8.35. The van der Waals surface area contributed by atoms with Gasteiger partial charge in [-0.05, 0) is 23.8 Å². The van der Waals surface area contributed by atoms with Crippen molar-refractivity contribution in [1.82, 2.24) is 0 Å². The molecule has 2 N–H and O–H groups in total. The fraction of sp³-hybridized carbons (Fsp3) is 0.167. The Morgan fingerprint density at radius 3 is 2.48 bits per heavy atom. The molecule has 6 nitrogen and oxygen atoms in total. The minimum absolute atomic E-state index is 0.106. The number of ether oxygens (including phenoxy) is 2. The molecule has 0 fully saturated rings. The summed E-state index contributed by atoms with van der Waals surface area (Å²) in [5.41, 5.74) is 2.13. The van der Waals surface area contributed by atoms with Crippen LogP contribution in [0.3, 0.4) is 0 Å². The summed E-state index contributed by atoms with van der Waals surface area (Å²) in [5, 5.41) is 5.87. The van der Waals surface area contributed by atoms with Gasteiger partial charge in [-0.3, -0.25) is 9.59 Å². The molecule has 3 aromatic rings. The highest BCUT2D eigenvalue weighted by molar-refractivity contribution is 7.99. The molecular formula is C24H20N2O4S. The molecule has 2 amide bonds. The van der Waals surface area contributed by atoms with Crippen molar-refractivity contribution in [1.29, 1.82) is 0 Å². The zero-order valence-electron chi connectivity index (χ0n) is 16.6. The molecule has 3 aromatic carbocycles. The average Bonchev–Trinajstić information content (AvgIpc) is 2.79. The van der Waals surface area contributed by atoms with Crippen LogP contribution in [0.25, 0.3) is 0 Å². The van der Waals surface area contributed by atoms with Gasteiger partial charge < -0.3 is 20.1 Å². The van der Waals surface area contributed by atoms with Crippen molar-refractivity contribution in [3.63, 3.8) is 0 Å². The Hall–Kier alpha value is -3.45. The Balaban J connectivity index is 1.48. The lowest BCUT2D eigenvalue weighted by Gasteiger charge is -2.26. The molecule has 0 radical (unpaired) electrons. The van der Waals surface area contributed by atoms with E-state index >= 15 is 0 Å². The summed E-state index contributed by atoms with van der Waals surface area (Å²) in [7, 11) is 0. The van der Waals surface area contributed by atoms with Crippen LogP contribution >= 0.6 is 11.8 Å². The normalized spacial score (nSPS) is 16.8. The second-order valence-electron chi connectivity index (χ2n) is 7.29. The van der Waals surface area contributed by atoms with Crippen molar-refractivity contribution in [3.05, 3.63) is 72.3 Å². The number of carbonyl (C=O) groups is 2. The van der Waals surface area contributed by atoms with E-state index in [2.05, 4.69) is 10.6 Å². The highest BCUT2D eigenvalue weighted by Gasteiger charge is 2.31. The minimum Gasteiger partial charge on any atom is -0.486 e. The van der Waals surface area contributed by atoms with Crippen molar-refractivity contribution in [2.24, 2.45) is 0 Å². The van der Waals surface area contributed by atoms with Gasteiger partial charge in [0.25, 0.3) is 0 Å². The van der Waals surface area contributed by atoms with Gasteiger partial charge >= 0.3 is 0 Å². The lowest BCUT2D eigenvalue weighted by atomic mass is 9.90. The first-order valence-corrected chi connectivity index (χ1v) is 10.9. The molecule has 1 atom stereocenters. The van der Waals surface area contributed by atoms with E-state index in [0.717, 1.165) is 15.4 Å². The second-order valence-corrected chi connectivity index (χ2v) is 8.40. The molecule has 2 aliphatic heterocycles. The van der Waals surface area contributed by atoms with E-state index in [1.54, 1.807) is 6.07 Å². The van der Waals surface area contributed by atoms with Crippen LogP contribution in [-0.2, 0) is 9.59 Å². The predicted molar refractivity (Wildman–Crippen MR) is 119 cm³/mol. The van der Waals surface area contributed by atoms with Gasteiger partial charge in [-0.15, -0.1) is 0 Å². The molecule has 0 aliphatic carbocycles. The summed E-state index contributed by atoms with van der Waals surface area (Å²) in [6, 6.07) is 21.0. The first kappa shape index (κ1) is 19.5. The largest absolute Gasteiger partial charge is 0.486 e. The maximum Gasteiger partial charge on any atom is 0.232 e. The van der Waals surface area contributed by atoms with E-state index in [4.69, 9.17) is 9.47 Å². The number of hydrogen-bond acceptors (Lipinski definition) is 5. The minimum atomic E-state index is -0.562. The molecule has 5 rings (SSSR count). The van der Waals surface area contributed by atoms with Gasteiger partial charge in [0.1, 0.15) is 13.2 Å². The molecule has 0 saturated heterocycles. The van der Waals surface area contributed by atoms with Crippen LogP contribution in [0.15, 0.2) is 76.5 Å². The number of para-hydroxylation sites is 1. The van der Waals surface area contributed by atoms with Crippen LogP contribution in [-0.4, -0.2) is 25.0 Å².